The molecule has 1 saturated carbocycles. The van der Waals surface area contributed by atoms with Crippen molar-refractivity contribution in [2.24, 2.45) is 11.7 Å². The van der Waals surface area contributed by atoms with E-state index in [-0.39, 0.29) is 39.9 Å². The summed E-state index contributed by atoms with van der Waals surface area (Å²) in [6.07, 6.45) is 2.75. The monoisotopic (exact) mass is 626 g/mol. The van der Waals surface area contributed by atoms with Gasteiger partial charge in [0.05, 0.1) is 17.8 Å². The number of carbonyl (C=O) groups excluding carboxylic acids is 2. The first-order valence-electron chi connectivity index (χ1n) is 13.2. The number of hydrogen-bond donors (Lipinski definition) is 5. The summed E-state index contributed by atoms with van der Waals surface area (Å²) < 4.78 is 36.7. The van der Waals surface area contributed by atoms with Gasteiger partial charge in [0.25, 0.3) is 17.4 Å². The highest BCUT2D eigenvalue weighted by molar-refractivity contribution is 6.34. The number of anilines is 1. The summed E-state index contributed by atoms with van der Waals surface area (Å²) in [4.78, 5) is 58.0. The number of halogens is 4. The molecule has 1 fully saturated rings. The Morgan fingerprint density at radius 1 is 1.19 bits per heavy atom. The SMILES string of the molecule is COc1ncc2cc(C(=O)Nc3cc(C(=O)NC(CCN)C4CCCCC4)ccc3Cl)c(=O)[nH]c2n1.O=C(O)C(F)(F)F. The first kappa shape index (κ1) is 33.3. The number of amides is 2. The van der Waals surface area contributed by atoms with E-state index < -0.39 is 23.6 Å². The number of nitrogens with two attached hydrogens (primary N) is 1. The molecule has 1 aliphatic carbocycles. The fourth-order valence-corrected chi connectivity index (χ4v) is 4.75. The Morgan fingerprint density at radius 2 is 1.86 bits per heavy atom. The van der Waals surface area contributed by atoms with Crippen molar-refractivity contribution in [3.63, 3.8) is 0 Å². The zero-order valence-corrected chi connectivity index (χ0v) is 23.7. The number of pyridine rings is 1. The average molecular weight is 627 g/mol. The number of benzene rings is 1. The number of alkyl halides is 3. The van der Waals surface area contributed by atoms with Crippen molar-refractivity contribution in [2.45, 2.75) is 50.7 Å². The zero-order chi connectivity index (χ0) is 31.7. The molecule has 232 valence electrons. The van der Waals surface area contributed by atoms with Crippen molar-refractivity contribution in [2.75, 3.05) is 19.0 Å². The van der Waals surface area contributed by atoms with Gasteiger partial charge in [-0.2, -0.15) is 18.2 Å². The molecular weight excluding hydrogens is 597 g/mol. The van der Waals surface area contributed by atoms with Crippen LogP contribution < -0.4 is 26.7 Å². The van der Waals surface area contributed by atoms with Gasteiger partial charge in [0.2, 0.25) is 0 Å². The Hall–Kier alpha value is -4.24. The Bertz CT molecular complexity index is 1530. The molecular formula is C27H30ClF3N6O6. The number of nitrogens with zero attached hydrogens (tertiary/aromatic N) is 2. The molecule has 2 amide bonds. The summed E-state index contributed by atoms with van der Waals surface area (Å²) in [7, 11) is 1.41. The highest BCUT2D eigenvalue weighted by Crippen LogP contribution is 2.29. The van der Waals surface area contributed by atoms with Gasteiger partial charge in [-0.15, -0.1) is 0 Å². The molecule has 1 atom stereocenters. The Kier molecular flexibility index (Phi) is 11.4. The molecule has 1 aromatic carbocycles. The molecule has 43 heavy (non-hydrogen) atoms. The maximum absolute atomic E-state index is 13.1. The second-order valence-corrected chi connectivity index (χ2v) is 10.1. The van der Waals surface area contributed by atoms with Crippen LogP contribution in [0, 0.1) is 5.92 Å². The van der Waals surface area contributed by atoms with Gasteiger partial charge >= 0.3 is 18.2 Å². The van der Waals surface area contributed by atoms with Crippen LogP contribution in [0.1, 0.15) is 59.2 Å². The van der Waals surface area contributed by atoms with Crippen molar-refractivity contribution >= 4 is 46.1 Å². The third kappa shape index (κ3) is 9.12. The minimum Gasteiger partial charge on any atom is -0.475 e. The fraction of sp³-hybridized carbons (Fsp3) is 0.407. The number of hydrogen-bond acceptors (Lipinski definition) is 8. The van der Waals surface area contributed by atoms with Crippen LogP contribution in [0.2, 0.25) is 5.02 Å². The highest BCUT2D eigenvalue weighted by atomic mass is 35.5. The van der Waals surface area contributed by atoms with Crippen molar-refractivity contribution < 1.29 is 37.4 Å². The summed E-state index contributed by atoms with van der Waals surface area (Å²) in [5.41, 5.74) is 5.82. The van der Waals surface area contributed by atoms with Crippen LogP contribution in [0.25, 0.3) is 11.0 Å². The number of aliphatic carboxylic acids is 1. The molecule has 0 bridgehead atoms. The van der Waals surface area contributed by atoms with Crippen molar-refractivity contribution in [3.05, 3.63) is 57.0 Å². The number of aromatic nitrogens is 3. The van der Waals surface area contributed by atoms with Crippen LogP contribution in [-0.4, -0.2) is 63.7 Å². The van der Waals surface area contributed by atoms with Gasteiger partial charge in [-0.25, -0.2) is 9.78 Å². The van der Waals surface area contributed by atoms with E-state index in [0.29, 0.717) is 29.8 Å². The molecule has 0 saturated heterocycles. The van der Waals surface area contributed by atoms with E-state index in [1.54, 1.807) is 6.07 Å². The number of rotatable bonds is 8. The number of carbonyl (C=O) groups is 3. The van der Waals surface area contributed by atoms with Crippen molar-refractivity contribution in [1.29, 1.82) is 0 Å². The van der Waals surface area contributed by atoms with E-state index in [1.165, 1.54) is 37.9 Å². The maximum atomic E-state index is 13.1. The molecule has 6 N–H and O–H groups in total. The fourth-order valence-electron chi connectivity index (χ4n) is 4.59. The quantitative estimate of drug-likeness (QED) is 0.247. The number of carboxylic acids is 1. The minimum absolute atomic E-state index is 0.00600. The first-order valence-corrected chi connectivity index (χ1v) is 13.6. The Balaban J connectivity index is 0.000000646. The van der Waals surface area contributed by atoms with Crippen molar-refractivity contribution in [1.82, 2.24) is 20.3 Å². The van der Waals surface area contributed by atoms with E-state index in [9.17, 15) is 27.6 Å². The zero-order valence-electron chi connectivity index (χ0n) is 23.0. The van der Waals surface area contributed by atoms with E-state index in [4.69, 9.17) is 32.0 Å². The van der Waals surface area contributed by atoms with E-state index in [2.05, 4.69) is 25.6 Å². The number of aromatic amines is 1. The maximum Gasteiger partial charge on any atom is 0.490 e. The molecule has 4 rings (SSSR count). The topological polar surface area (TPSA) is 189 Å². The smallest absolute Gasteiger partial charge is 0.475 e. The lowest BCUT2D eigenvalue weighted by Crippen LogP contribution is -2.42. The van der Waals surface area contributed by atoms with Gasteiger partial charge in [-0.05, 0) is 56.0 Å². The third-order valence-corrected chi connectivity index (χ3v) is 7.06. The molecule has 0 aliphatic heterocycles. The summed E-state index contributed by atoms with van der Waals surface area (Å²) in [6, 6.07) is 6.10. The number of fused-ring (bicyclic) bond motifs is 1. The van der Waals surface area contributed by atoms with Gasteiger partial charge in [0.1, 0.15) is 11.2 Å². The molecule has 1 unspecified atom stereocenters. The molecule has 2 aromatic heterocycles. The molecule has 3 aromatic rings. The van der Waals surface area contributed by atoms with Crippen LogP contribution in [0.15, 0.2) is 35.3 Å². The number of ether oxygens (including phenoxy) is 1. The largest absolute Gasteiger partial charge is 0.490 e. The van der Waals surface area contributed by atoms with Gasteiger partial charge in [0.15, 0.2) is 0 Å². The normalized spacial score (nSPS) is 14.3. The highest BCUT2D eigenvalue weighted by Gasteiger charge is 2.38. The minimum atomic E-state index is -5.08. The third-order valence-electron chi connectivity index (χ3n) is 6.73. The lowest BCUT2D eigenvalue weighted by Gasteiger charge is -2.31. The van der Waals surface area contributed by atoms with Crippen LogP contribution in [0.3, 0.4) is 0 Å². The van der Waals surface area contributed by atoms with E-state index in [0.717, 1.165) is 25.7 Å². The van der Waals surface area contributed by atoms with Gasteiger partial charge in [-0.3, -0.25) is 14.4 Å². The predicted molar refractivity (Wildman–Crippen MR) is 151 cm³/mol. The summed E-state index contributed by atoms with van der Waals surface area (Å²) >= 11 is 6.30. The second-order valence-electron chi connectivity index (χ2n) is 9.68. The number of carboxylic acid groups (broad SMARTS) is 1. The van der Waals surface area contributed by atoms with Crippen molar-refractivity contribution in [3.8, 4) is 6.01 Å². The molecule has 16 heteroatoms. The molecule has 2 heterocycles. The van der Waals surface area contributed by atoms with Gasteiger partial charge in [0, 0.05) is 23.2 Å². The molecule has 12 nitrogen and oxygen atoms in total. The van der Waals surface area contributed by atoms with E-state index >= 15 is 0 Å². The predicted octanol–water partition coefficient (Wildman–Crippen LogP) is 3.89. The number of methoxy groups -OCH3 is 1. The van der Waals surface area contributed by atoms with Crippen LogP contribution in [0.5, 0.6) is 6.01 Å². The standard InChI is InChI=1S/C25H29ClN6O4.C2HF3O2/c1-36-25-28-13-16-11-17(24(35)31-21(16)32-25)23(34)30-20-12-15(7-8-18(20)26)22(33)29-19(9-10-27)14-5-3-2-4-6-14;3-2(4,5)1(6)7/h7-8,11-14,19H,2-6,9-10,27H2,1H3,(H,29,33)(H,30,34)(H,28,31,32,35);(H,6,7). The summed E-state index contributed by atoms with van der Waals surface area (Å²) in [6.45, 7) is 0.488. The summed E-state index contributed by atoms with van der Waals surface area (Å²) in [5, 5.41) is 13.6. The molecule has 0 radical (unpaired) electrons. The van der Waals surface area contributed by atoms with E-state index in [1.807, 2.05) is 0 Å². The summed E-state index contributed by atoms with van der Waals surface area (Å²) in [5.74, 6) is -3.30. The first-order chi connectivity index (χ1) is 20.3. The van der Waals surface area contributed by atoms with Crippen LogP contribution >= 0.6 is 11.6 Å². The average Bonchev–Trinajstić information content (AvgIpc) is 2.97. The van der Waals surface area contributed by atoms with Gasteiger partial charge in [-0.1, -0.05) is 30.9 Å². The lowest BCUT2D eigenvalue weighted by atomic mass is 9.82. The Labute approximate surface area is 248 Å². The number of nitrogens with one attached hydrogen (secondary N) is 3. The second kappa shape index (κ2) is 14.8. The van der Waals surface area contributed by atoms with Crippen LogP contribution in [0.4, 0.5) is 18.9 Å². The molecule has 0 spiro atoms. The van der Waals surface area contributed by atoms with Crippen LogP contribution in [-0.2, 0) is 4.79 Å². The lowest BCUT2D eigenvalue weighted by molar-refractivity contribution is -0.192. The number of H-pyrrole nitrogens is 1. The van der Waals surface area contributed by atoms with Gasteiger partial charge < -0.3 is 31.2 Å². The Morgan fingerprint density at radius 3 is 2.47 bits per heavy atom. The molecule has 1 aliphatic rings.